The highest BCUT2D eigenvalue weighted by Gasteiger charge is 2.33. The van der Waals surface area contributed by atoms with E-state index in [4.69, 9.17) is 10.8 Å². The third-order valence-electron chi connectivity index (χ3n) is 4.86. The molecule has 160 valence electrons. The second-order valence-corrected chi connectivity index (χ2v) is 10.3. The van der Waals surface area contributed by atoms with Gasteiger partial charge in [0.2, 0.25) is 5.13 Å². The fraction of sp³-hybridized carbons (Fsp3) is 0.238. The predicted octanol–water partition coefficient (Wildman–Crippen LogP) is 4.42. The summed E-state index contributed by atoms with van der Waals surface area (Å²) < 4.78 is 1.65. The summed E-state index contributed by atoms with van der Waals surface area (Å²) in [6, 6.07) is 16.1. The van der Waals surface area contributed by atoms with Crippen LogP contribution in [0.25, 0.3) is 0 Å². The number of nitrogens with two attached hydrogens (primary N) is 1. The van der Waals surface area contributed by atoms with Gasteiger partial charge in [-0.2, -0.15) is 5.10 Å². The van der Waals surface area contributed by atoms with Crippen molar-refractivity contribution in [2.24, 2.45) is 5.10 Å². The molecule has 1 atom stereocenters. The minimum absolute atomic E-state index is 0.0783. The Labute approximate surface area is 197 Å². The number of carbonyl (C=O) groups is 1. The molecule has 0 spiro atoms. The molecular formula is C21H21BrN6OS2. The molecule has 10 heteroatoms. The zero-order valence-electron chi connectivity index (χ0n) is 17.0. The smallest absolute Gasteiger partial charge is 0.253 e. The molecule has 1 aliphatic rings. The summed E-state index contributed by atoms with van der Waals surface area (Å²) in [5.41, 5.74) is 9.70. The summed E-state index contributed by atoms with van der Waals surface area (Å²) in [4.78, 5) is 15.2. The van der Waals surface area contributed by atoms with Gasteiger partial charge in [0.1, 0.15) is 0 Å². The maximum atomic E-state index is 13.1. The zero-order chi connectivity index (χ0) is 22.0. The monoisotopic (exact) mass is 516 g/mol. The van der Waals surface area contributed by atoms with E-state index in [2.05, 4.69) is 55.3 Å². The maximum absolute atomic E-state index is 13.1. The number of hydrazone groups is 1. The lowest BCUT2D eigenvalue weighted by molar-refractivity contribution is -0.130. The lowest BCUT2D eigenvalue weighted by atomic mass is 9.98. The van der Waals surface area contributed by atoms with Crippen LogP contribution in [0.5, 0.6) is 0 Å². The molecule has 0 saturated heterocycles. The summed E-state index contributed by atoms with van der Waals surface area (Å²) in [6.45, 7) is 0. The molecule has 7 nitrogen and oxygen atoms in total. The van der Waals surface area contributed by atoms with Crippen LogP contribution in [0.1, 0.15) is 23.6 Å². The number of hydrogen-bond acceptors (Lipinski definition) is 8. The van der Waals surface area contributed by atoms with Crippen molar-refractivity contribution in [1.29, 1.82) is 0 Å². The topological polar surface area (TPSA) is 87.7 Å². The van der Waals surface area contributed by atoms with Crippen molar-refractivity contribution >= 4 is 61.5 Å². The Morgan fingerprint density at radius 1 is 1.26 bits per heavy atom. The van der Waals surface area contributed by atoms with Gasteiger partial charge >= 0.3 is 0 Å². The minimum Gasteiger partial charge on any atom is -0.378 e. The highest BCUT2D eigenvalue weighted by Crippen LogP contribution is 2.35. The highest BCUT2D eigenvalue weighted by molar-refractivity contribution is 9.10. The second-order valence-electron chi connectivity index (χ2n) is 7.20. The van der Waals surface area contributed by atoms with Crippen LogP contribution in [0.3, 0.4) is 0 Å². The number of nitrogens with zero attached hydrogens (tertiary/aromatic N) is 5. The van der Waals surface area contributed by atoms with Gasteiger partial charge in [-0.25, -0.2) is 5.01 Å². The lowest BCUT2D eigenvalue weighted by Crippen LogP contribution is -2.28. The van der Waals surface area contributed by atoms with Crippen molar-refractivity contribution < 1.29 is 4.79 Å². The van der Waals surface area contributed by atoms with E-state index in [-0.39, 0.29) is 17.7 Å². The van der Waals surface area contributed by atoms with Crippen LogP contribution in [0, 0.1) is 0 Å². The molecule has 0 radical (unpaired) electrons. The van der Waals surface area contributed by atoms with E-state index in [0.29, 0.717) is 15.9 Å². The molecule has 0 bridgehead atoms. The number of halogens is 1. The standard InChI is InChI=1S/C21H21BrN6OS2/c1-27(2)16-8-6-13(7-9-16)18-11-17(14-4-3-5-15(22)10-14)26-28(18)19(29)12-30-21-25-24-20(23)31-21/h3-10,18H,11-12H2,1-2H3,(H2,23,24). The van der Waals surface area contributed by atoms with E-state index in [1.165, 1.54) is 23.1 Å². The summed E-state index contributed by atoms with van der Waals surface area (Å²) in [7, 11) is 4.01. The van der Waals surface area contributed by atoms with Gasteiger partial charge in [0.15, 0.2) is 4.34 Å². The van der Waals surface area contributed by atoms with Gasteiger partial charge in [0.05, 0.1) is 17.5 Å². The van der Waals surface area contributed by atoms with Crippen molar-refractivity contribution in [3.05, 3.63) is 64.1 Å². The van der Waals surface area contributed by atoms with Crippen LogP contribution >= 0.6 is 39.0 Å². The highest BCUT2D eigenvalue weighted by atomic mass is 79.9. The Balaban J connectivity index is 1.59. The SMILES string of the molecule is CN(C)c1ccc(C2CC(c3cccc(Br)c3)=NN2C(=O)CSc2nnc(N)s2)cc1. The van der Waals surface area contributed by atoms with Gasteiger partial charge in [-0.05, 0) is 35.4 Å². The number of nitrogen functional groups attached to an aromatic ring is 1. The number of rotatable bonds is 6. The minimum atomic E-state index is -0.155. The van der Waals surface area contributed by atoms with Crippen molar-refractivity contribution in [2.75, 3.05) is 30.5 Å². The van der Waals surface area contributed by atoms with Crippen LogP contribution in [-0.4, -0.2) is 46.7 Å². The van der Waals surface area contributed by atoms with Crippen molar-refractivity contribution in [3.8, 4) is 0 Å². The van der Waals surface area contributed by atoms with E-state index in [0.717, 1.165) is 27.0 Å². The molecule has 1 aliphatic heterocycles. The Bertz CT molecular complexity index is 1120. The largest absolute Gasteiger partial charge is 0.378 e. The van der Waals surface area contributed by atoms with E-state index in [1.54, 1.807) is 5.01 Å². The lowest BCUT2D eigenvalue weighted by Gasteiger charge is -2.22. The first-order chi connectivity index (χ1) is 14.9. The number of thioether (sulfide) groups is 1. The first-order valence-electron chi connectivity index (χ1n) is 9.55. The van der Waals surface area contributed by atoms with Crippen molar-refractivity contribution in [3.63, 3.8) is 0 Å². The molecule has 0 aliphatic carbocycles. The van der Waals surface area contributed by atoms with Crippen LogP contribution in [0.4, 0.5) is 10.8 Å². The van der Waals surface area contributed by atoms with Crippen LogP contribution in [0.2, 0.25) is 0 Å². The molecule has 2 heterocycles. The Hall–Kier alpha value is -2.43. The van der Waals surface area contributed by atoms with Gasteiger partial charge in [0.25, 0.3) is 5.91 Å². The number of hydrogen-bond donors (Lipinski definition) is 1. The molecule has 3 aromatic rings. The Morgan fingerprint density at radius 2 is 2.03 bits per heavy atom. The first-order valence-corrected chi connectivity index (χ1v) is 12.1. The zero-order valence-corrected chi connectivity index (χ0v) is 20.2. The van der Waals surface area contributed by atoms with Crippen LogP contribution in [-0.2, 0) is 4.79 Å². The Kier molecular flexibility index (Phi) is 6.59. The number of aromatic nitrogens is 2. The quantitative estimate of drug-likeness (QED) is 0.488. The molecule has 0 fully saturated rings. The van der Waals surface area contributed by atoms with E-state index in [9.17, 15) is 4.79 Å². The average Bonchev–Trinajstić information content (AvgIpc) is 3.39. The number of carbonyl (C=O) groups excluding carboxylic acids is 1. The molecule has 2 N–H and O–H groups in total. The predicted molar refractivity (Wildman–Crippen MR) is 131 cm³/mol. The molecular weight excluding hydrogens is 496 g/mol. The normalized spacial score (nSPS) is 15.8. The van der Waals surface area contributed by atoms with E-state index >= 15 is 0 Å². The molecule has 2 aromatic carbocycles. The van der Waals surface area contributed by atoms with Crippen molar-refractivity contribution in [1.82, 2.24) is 15.2 Å². The third-order valence-corrected chi connectivity index (χ3v) is 7.22. The van der Waals surface area contributed by atoms with Gasteiger partial charge in [0, 0.05) is 30.7 Å². The van der Waals surface area contributed by atoms with Crippen LogP contribution < -0.4 is 10.6 Å². The first kappa shape index (κ1) is 21.8. The molecule has 0 saturated carbocycles. The number of amides is 1. The average molecular weight is 517 g/mol. The van der Waals surface area contributed by atoms with Gasteiger partial charge in [-0.1, -0.05) is 63.3 Å². The van der Waals surface area contributed by atoms with Gasteiger partial charge in [-0.3, -0.25) is 4.79 Å². The number of anilines is 2. The molecule has 31 heavy (non-hydrogen) atoms. The van der Waals surface area contributed by atoms with E-state index in [1.807, 2.05) is 38.4 Å². The fourth-order valence-electron chi connectivity index (χ4n) is 3.31. The molecule has 4 rings (SSSR count). The Morgan fingerprint density at radius 3 is 2.68 bits per heavy atom. The molecule has 1 amide bonds. The summed E-state index contributed by atoms with van der Waals surface area (Å²) in [6.07, 6.45) is 0.653. The van der Waals surface area contributed by atoms with Crippen molar-refractivity contribution in [2.45, 2.75) is 16.8 Å². The van der Waals surface area contributed by atoms with Gasteiger partial charge in [-0.15, -0.1) is 10.2 Å². The fourth-order valence-corrected chi connectivity index (χ4v) is 5.19. The molecule has 1 aromatic heterocycles. The second kappa shape index (κ2) is 9.37. The van der Waals surface area contributed by atoms with Crippen LogP contribution in [0.15, 0.2) is 62.4 Å². The maximum Gasteiger partial charge on any atom is 0.253 e. The van der Waals surface area contributed by atoms with E-state index < -0.39 is 0 Å². The van der Waals surface area contributed by atoms with Gasteiger partial charge < -0.3 is 10.6 Å². The summed E-state index contributed by atoms with van der Waals surface area (Å²) >= 11 is 6.13. The third kappa shape index (κ3) is 5.08. The number of benzene rings is 2. The summed E-state index contributed by atoms with van der Waals surface area (Å²) in [5.74, 6) is 0.140. The summed E-state index contributed by atoms with van der Waals surface area (Å²) in [5, 5.41) is 14.5. The molecule has 1 unspecified atom stereocenters.